The highest BCUT2D eigenvalue weighted by Gasteiger charge is 2.30. The van der Waals surface area contributed by atoms with E-state index in [0.717, 1.165) is 39.1 Å². The van der Waals surface area contributed by atoms with Gasteiger partial charge in [0.2, 0.25) is 0 Å². The van der Waals surface area contributed by atoms with Gasteiger partial charge >= 0.3 is 5.97 Å². The Labute approximate surface area is 117 Å². The SMILES string of the molecule is CCC(NCC(C)(C)N1CCN(C)CC1)C(=O)OC. The van der Waals surface area contributed by atoms with Crippen molar-refractivity contribution in [3.05, 3.63) is 0 Å². The fourth-order valence-electron chi connectivity index (χ4n) is 2.43. The van der Waals surface area contributed by atoms with Gasteiger partial charge in [0.25, 0.3) is 0 Å². The Bertz CT molecular complexity index is 286. The van der Waals surface area contributed by atoms with E-state index in [1.54, 1.807) is 0 Å². The zero-order chi connectivity index (χ0) is 14.5. The molecule has 0 radical (unpaired) electrons. The first-order valence-corrected chi connectivity index (χ1v) is 7.15. The van der Waals surface area contributed by atoms with E-state index in [-0.39, 0.29) is 17.6 Å². The number of methoxy groups -OCH3 is 1. The smallest absolute Gasteiger partial charge is 0.322 e. The van der Waals surface area contributed by atoms with Crippen LogP contribution in [-0.2, 0) is 9.53 Å². The molecule has 0 aliphatic carbocycles. The Morgan fingerprint density at radius 3 is 2.37 bits per heavy atom. The van der Waals surface area contributed by atoms with Crippen molar-refractivity contribution >= 4 is 5.97 Å². The highest BCUT2D eigenvalue weighted by atomic mass is 16.5. The maximum Gasteiger partial charge on any atom is 0.322 e. The van der Waals surface area contributed by atoms with Crippen LogP contribution in [0.5, 0.6) is 0 Å². The van der Waals surface area contributed by atoms with Gasteiger partial charge in [-0.05, 0) is 27.3 Å². The molecule has 1 aliphatic heterocycles. The summed E-state index contributed by atoms with van der Waals surface area (Å²) in [6, 6.07) is -0.197. The molecule has 1 aliphatic rings. The monoisotopic (exact) mass is 271 g/mol. The predicted octanol–water partition coefficient (Wildman–Crippen LogP) is 0.554. The highest BCUT2D eigenvalue weighted by molar-refractivity contribution is 5.75. The molecular formula is C14H29N3O2. The molecule has 5 nitrogen and oxygen atoms in total. The molecule has 0 bridgehead atoms. The Morgan fingerprint density at radius 1 is 1.32 bits per heavy atom. The van der Waals surface area contributed by atoms with Gasteiger partial charge in [0.05, 0.1) is 7.11 Å². The van der Waals surface area contributed by atoms with Crippen molar-refractivity contribution < 1.29 is 9.53 Å². The number of carbonyl (C=O) groups is 1. The average Bonchev–Trinajstić information content (AvgIpc) is 2.39. The van der Waals surface area contributed by atoms with Crippen LogP contribution < -0.4 is 5.32 Å². The summed E-state index contributed by atoms with van der Waals surface area (Å²) in [5.74, 6) is -0.170. The van der Waals surface area contributed by atoms with Crippen LogP contribution in [0.15, 0.2) is 0 Å². The first kappa shape index (κ1) is 16.4. The number of likely N-dealkylation sites (N-methyl/N-ethyl adjacent to an activating group) is 1. The molecule has 0 aromatic rings. The second kappa shape index (κ2) is 7.22. The zero-order valence-corrected chi connectivity index (χ0v) is 13.0. The third kappa shape index (κ3) is 4.75. The van der Waals surface area contributed by atoms with Crippen LogP contribution in [0.1, 0.15) is 27.2 Å². The van der Waals surface area contributed by atoms with E-state index in [1.807, 2.05) is 6.92 Å². The van der Waals surface area contributed by atoms with Crippen LogP contribution in [0.2, 0.25) is 0 Å². The van der Waals surface area contributed by atoms with Crippen LogP contribution >= 0.6 is 0 Å². The summed E-state index contributed by atoms with van der Waals surface area (Å²) in [5, 5.41) is 3.34. The molecule has 112 valence electrons. The molecular weight excluding hydrogens is 242 g/mol. The maximum absolute atomic E-state index is 11.6. The number of nitrogens with zero attached hydrogens (tertiary/aromatic N) is 2. The fraction of sp³-hybridized carbons (Fsp3) is 0.929. The fourth-order valence-corrected chi connectivity index (χ4v) is 2.43. The lowest BCUT2D eigenvalue weighted by Crippen LogP contribution is -2.58. The Hall–Kier alpha value is -0.650. The standard InChI is InChI=1S/C14H29N3O2/c1-6-12(13(18)19-5)15-11-14(2,3)17-9-7-16(4)8-10-17/h12,15H,6-11H2,1-5H3. The van der Waals surface area contributed by atoms with Crippen molar-refractivity contribution in [3.63, 3.8) is 0 Å². The van der Waals surface area contributed by atoms with Crippen molar-refractivity contribution in [3.8, 4) is 0 Å². The number of esters is 1. The molecule has 19 heavy (non-hydrogen) atoms. The van der Waals surface area contributed by atoms with Gasteiger partial charge in [0, 0.05) is 38.3 Å². The number of carbonyl (C=O) groups excluding carboxylic acids is 1. The lowest BCUT2D eigenvalue weighted by Gasteiger charge is -2.43. The number of nitrogens with one attached hydrogen (secondary N) is 1. The van der Waals surface area contributed by atoms with Gasteiger partial charge < -0.3 is 15.0 Å². The first-order chi connectivity index (χ1) is 8.90. The van der Waals surface area contributed by atoms with Gasteiger partial charge in [-0.15, -0.1) is 0 Å². The zero-order valence-electron chi connectivity index (χ0n) is 13.0. The number of rotatable bonds is 6. The second-order valence-corrected chi connectivity index (χ2v) is 5.97. The molecule has 1 unspecified atom stereocenters. The average molecular weight is 271 g/mol. The van der Waals surface area contributed by atoms with Crippen molar-refractivity contribution in [1.29, 1.82) is 0 Å². The summed E-state index contributed by atoms with van der Waals surface area (Å²) in [4.78, 5) is 16.4. The van der Waals surface area contributed by atoms with Gasteiger partial charge in [0.1, 0.15) is 6.04 Å². The van der Waals surface area contributed by atoms with Crippen molar-refractivity contribution in [1.82, 2.24) is 15.1 Å². The molecule has 0 amide bonds. The highest BCUT2D eigenvalue weighted by Crippen LogP contribution is 2.16. The van der Waals surface area contributed by atoms with Gasteiger partial charge in [-0.1, -0.05) is 6.92 Å². The molecule has 0 aromatic carbocycles. The molecule has 1 atom stereocenters. The molecule has 1 N–H and O–H groups in total. The van der Waals surface area contributed by atoms with E-state index in [9.17, 15) is 4.79 Å². The minimum Gasteiger partial charge on any atom is -0.468 e. The predicted molar refractivity (Wildman–Crippen MR) is 77.2 cm³/mol. The third-order valence-corrected chi connectivity index (χ3v) is 4.03. The molecule has 0 spiro atoms. The Morgan fingerprint density at radius 2 is 1.89 bits per heavy atom. The molecule has 1 heterocycles. The van der Waals surface area contributed by atoms with Crippen LogP contribution in [0.3, 0.4) is 0 Å². The van der Waals surface area contributed by atoms with Gasteiger partial charge in [-0.2, -0.15) is 0 Å². The van der Waals surface area contributed by atoms with Crippen molar-refractivity contribution in [2.75, 3.05) is 46.9 Å². The minimum absolute atomic E-state index is 0.0582. The van der Waals surface area contributed by atoms with Crippen LogP contribution in [0.25, 0.3) is 0 Å². The summed E-state index contributed by atoms with van der Waals surface area (Å²) in [7, 11) is 3.60. The summed E-state index contributed by atoms with van der Waals surface area (Å²) in [6.07, 6.45) is 0.755. The lowest BCUT2D eigenvalue weighted by atomic mass is 10.0. The number of ether oxygens (including phenoxy) is 1. The van der Waals surface area contributed by atoms with E-state index >= 15 is 0 Å². The van der Waals surface area contributed by atoms with Crippen LogP contribution in [0.4, 0.5) is 0 Å². The van der Waals surface area contributed by atoms with Gasteiger partial charge in [-0.25, -0.2) is 0 Å². The van der Waals surface area contributed by atoms with E-state index in [1.165, 1.54) is 7.11 Å². The largest absolute Gasteiger partial charge is 0.468 e. The van der Waals surface area contributed by atoms with Gasteiger partial charge in [-0.3, -0.25) is 9.69 Å². The van der Waals surface area contributed by atoms with E-state index in [4.69, 9.17) is 4.74 Å². The summed E-state index contributed by atoms with van der Waals surface area (Å²) >= 11 is 0. The van der Waals surface area contributed by atoms with Crippen molar-refractivity contribution in [2.24, 2.45) is 0 Å². The minimum atomic E-state index is -0.197. The van der Waals surface area contributed by atoms with Crippen LogP contribution in [0, 0.1) is 0 Å². The Balaban J connectivity index is 2.47. The quantitative estimate of drug-likeness (QED) is 0.715. The summed E-state index contributed by atoms with van der Waals surface area (Å²) in [5.41, 5.74) is 0.0582. The van der Waals surface area contributed by atoms with E-state index in [0.29, 0.717) is 0 Å². The summed E-state index contributed by atoms with van der Waals surface area (Å²) < 4.78 is 4.81. The van der Waals surface area contributed by atoms with E-state index < -0.39 is 0 Å². The second-order valence-electron chi connectivity index (χ2n) is 5.97. The number of hydrogen-bond donors (Lipinski definition) is 1. The number of piperazine rings is 1. The van der Waals surface area contributed by atoms with Crippen LogP contribution in [-0.4, -0.2) is 74.2 Å². The van der Waals surface area contributed by atoms with Gasteiger partial charge in [0.15, 0.2) is 0 Å². The Kier molecular flexibility index (Phi) is 6.23. The molecule has 1 fully saturated rings. The van der Waals surface area contributed by atoms with E-state index in [2.05, 4.69) is 36.0 Å². The maximum atomic E-state index is 11.6. The molecule has 0 aromatic heterocycles. The molecule has 1 saturated heterocycles. The molecule has 0 saturated carbocycles. The molecule has 5 heteroatoms. The topological polar surface area (TPSA) is 44.8 Å². The summed E-state index contributed by atoms with van der Waals surface area (Å²) in [6.45, 7) is 11.6. The van der Waals surface area contributed by atoms with Crippen molar-refractivity contribution in [2.45, 2.75) is 38.8 Å². The normalized spacial score (nSPS) is 20.3. The lowest BCUT2D eigenvalue weighted by molar-refractivity contribution is -0.143. The molecule has 1 rings (SSSR count). The number of hydrogen-bond acceptors (Lipinski definition) is 5. The first-order valence-electron chi connectivity index (χ1n) is 7.15. The third-order valence-electron chi connectivity index (χ3n) is 4.03.